The van der Waals surface area contributed by atoms with Gasteiger partial charge in [0.05, 0.1) is 5.69 Å². The van der Waals surface area contributed by atoms with Crippen LogP contribution in [0.2, 0.25) is 0 Å². The molecule has 1 amide bonds. The first kappa shape index (κ1) is 13.2. The van der Waals surface area contributed by atoms with Gasteiger partial charge in [0.2, 0.25) is 0 Å². The van der Waals surface area contributed by atoms with Crippen LogP contribution in [0.3, 0.4) is 0 Å². The number of amides is 1. The number of aromatic hydroxyl groups is 1. The Morgan fingerprint density at radius 3 is 2.84 bits per heavy atom. The molecular weight excluding hydrogens is 246 g/mol. The van der Waals surface area contributed by atoms with Gasteiger partial charge in [0.15, 0.2) is 5.76 Å². The molecule has 5 nitrogen and oxygen atoms in total. The molecule has 1 aromatic heterocycles. The van der Waals surface area contributed by atoms with E-state index < -0.39 is 5.91 Å². The zero-order valence-electron chi connectivity index (χ0n) is 10.8. The number of rotatable bonds is 4. The van der Waals surface area contributed by atoms with Crippen molar-refractivity contribution in [1.29, 1.82) is 0 Å². The fourth-order valence-electron chi connectivity index (χ4n) is 1.65. The van der Waals surface area contributed by atoms with Gasteiger partial charge >= 0.3 is 0 Å². The summed E-state index contributed by atoms with van der Waals surface area (Å²) >= 11 is 0. The van der Waals surface area contributed by atoms with Crippen LogP contribution in [0.4, 0.5) is 5.69 Å². The van der Waals surface area contributed by atoms with Crippen LogP contribution in [0, 0.1) is 6.92 Å². The molecule has 2 rings (SSSR count). The lowest BCUT2D eigenvalue weighted by molar-refractivity contribution is 0.0987. The quantitative estimate of drug-likeness (QED) is 0.830. The third-order valence-corrected chi connectivity index (χ3v) is 2.57. The molecule has 5 heteroatoms. The van der Waals surface area contributed by atoms with E-state index in [2.05, 4.69) is 5.32 Å². The fraction of sp³-hybridized carbons (Fsp3) is 0.214. The van der Waals surface area contributed by atoms with Crippen LogP contribution in [0.15, 0.2) is 34.7 Å². The van der Waals surface area contributed by atoms with Gasteiger partial charge in [-0.1, -0.05) is 6.07 Å². The van der Waals surface area contributed by atoms with E-state index in [1.54, 1.807) is 37.4 Å². The molecule has 0 atom stereocenters. The maximum atomic E-state index is 11.9. The second kappa shape index (κ2) is 5.58. The minimum absolute atomic E-state index is 0.0250. The molecule has 0 aliphatic heterocycles. The number of aryl methyl sites for hydroxylation is 1. The summed E-state index contributed by atoms with van der Waals surface area (Å²) in [6.07, 6.45) is 0. The van der Waals surface area contributed by atoms with E-state index in [-0.39, 0.29) is 11.5 Å². The molecule has 1 heterocycles. The Morgan fingerprint density at radius 1 is 1.37 bits per heavy atom. The topological polar surface area (TPSA) is 71.7 Å². The summed E-state index contributed by atoms with van der Waals surface area (Å²) in [6, 6.07) is 8.26. The smallest absolute Gasteiger partial charge is 0.291 e. The molecule has 1 aromatic carbocycles. The monoisotopic (exact) mass is 261 g/mol. The number of hydrogen-bond donors (Lipinski definition) is 2. The van der Waals surface area contributed by atoms with Crippen LogP contribution in [0.1, 0.15) is 21.9 Å². The average Bonchev–Trinajstić information content (AvgIpc) is 2.82. The summed E-state index contributed by atoms with van der Waals surface area (Å²) in [5.41, 5.74) is 1.26. The van der Waals surface area contributed by atoms with Gasteiger partial charge in [-0.15, -0.1) is 0 Å². The normalized spacial score (nSPS) is 10.4. The van der Waals surface area contributed by atoms with Crippen LogP contribution in [-0.2, 0) is 11.3 Å². The van der Waals surface area contributed by atoms with Crippen molar-refractivity contribution in [1.82, 2.24) is 0 Å². The van der Waals surface area contributed by atoms with E-state index >= 15 is 0 Å². The minimum Gasteiger partial charge on any atom is -0.506 e. The van der Waals surface area contributed by atoms with Gasteiger partial charge in [0.1, 0.15) is 18.1 Å². The molecule has 0 unspecified atom stereocenters. The highest BCUT2D eigenvalue weighted by atomic mass is 16.5. The first-order valence-corrected chi connectivity index (χ1v) is 5.79. The molecule has 0 bridgehead atoms. The summed E-state index contributed by atoms with van der Waals surface area (Å²) in [5, 5.41) is 12.3. The zero-order chi connectivity index (χ0) is 13.8. The number of phenolic OH excluding ortho intramolecular Hbond substituents is 1. The number of carbonyl (C=O) groups excluding carboxylic acids is 1. The number of anilines is 1. The third-order valence-electron chi connectivity index (χ3n) is 2.57. The Kier molecular flexibility index (Phi) is 3.87. The predicted octanol–water partition coefficient (Wildman–Crippen LogP) is 2.69. The summed E-state index contributed by atoms with van der Waals surface area (Å²) < 4.78 is 10.2. The standard InChI is InChI=1S/C14H15NO4/c1-9-3-5-11(12(16)7-9)15-14(17)13-6-4-10(19-13)8-18-2/h3-7,16H,8H2,1-2H3,(H,15,17). The largest absolute Gasteiger partial charge is 0.506 e. The zero-order valence-corrected chi connectivity index (χ0v) is 10.8. The van der Waals surface area contributed by atoms with Crippen molar-refractivity contribution >= 4 is 11.6 Å². The summed E-state index contributed by atoms with van der Waals surface area (Å²) in [6.45, 7) is 2.16. The SMILES string of the molecule is COCc1ccc(C(=O)Nc2ccc(C)cc2O)o1. The second-order valence-electron chi connectivity index (χ2n) is 4.17. The number of carbonyl (C=O) groups is 1. The molecule has 0 radical (unpaired) electrons. The minimum atomic E-state index is -0.415. The predicted molar refractivity (Wildman–Crippen MR) is 70.2 cm³/mol. The number of furan rings is 1. The van der Waals surface area contributed by atoms with Crippen LogP contribution < -0.4 is 5.32 Å². The highest BCUT2D eigenvalue weighted by molar-refractivity contribution is 6.03. The Bertz CT molecular complexity index is 589. The Labute approximate surface area is 110 Å². The molecular formula is C14H15NO4. The Hall–Kier alpha value is -2.27. The molecule has 2 N–H and O–H groups in total. The lowest BCUT2D eigenvalue weighted by Crippen LogP contribution is -2.11. The molecule has 19 heavy (non-hydrogen) atoms. The highest BCUT2D eigenvalue weighted by Crippen LogP contribution is 2.24. The van der Waals surface area contributed by atoms with E-state index in [9.17, 15) is 9.90 Å². The van der Waals surface area contributed by atoms with Crippen molar-refractivity contribution in [2.75, 3.05) is 12.4 Å². The number of hydrogen-bond acceptors (Lipinski definition) is 4. The lowest BCUT2D eigenvalue weighted by Gasteiger charge is -2.06. The fourth-order valence-corrected chi connectivity index (χ4v) is 1.65. The Morgan fingerprint density at radius 2 is 2.16 bits per heavy atom. The first-order valence-electron chi connectivity index (χ1n) is 5.79. The Balaban J connectivity index is 2.11. The summed E-state index contributed by atoms with van der Waals surface area (Å²) in [7, 11) is 1.55. The van der Waals surface area contributed by atoms with Gasteiger partial charge in [0, 0.05) is 7.11 Å². The second-order valence-corrected chi connectivity index (χ2v) is 4.17. The number of benzene rings is 1. The van der Waals surface area contributed by atoms with Crippen LogP contribution in [-0.4, -0.2) is 18.1 Å². The van der Waals surface area contributed by atoms with Gasteiger partial charge in [-0.25, -0.2) is 0 Å². The van der Waals surface area contributed by atoms with E-state index in [1.807, 2.05) is 6.92 Å². The lowest BCUT2D eigenvalue weighted by atomic mass is 10.2. The van der Waals surface area contributed by atoms with Crippen molar-refractivity contribution in [3.63, 3.8) is 0 Å². The maximum Gasteiger partial charge on any atom is 0.291 e. The molecule has 2 aromatic rings. The van der Waals surface area contributed by atoms with Crippen molar-refractivity contribution in [2.45, 2.75) is 13.5 Å². The number of phenols is 1. The van der Waals surface area contributed by atoms with Gasteiger partial charge < -0.3 is 19.6 Å². The molecule has 0 aliphatic carbocycles. The highest BCUT2D eigenvalue weighted by Gasteiger charge is 2.13. The molecule has 100 valence electrons. The molecule has 0 saturated heterocycles. The van der Waals surface area contributed by atoms with Gasteiger partial charge in [-0.2, -0.15) is 0 Å². The molecule has 0 saturated carbocycles. The van der Waals surface area contributed by atoms with Gasteiger partial charge in [-0.05, 0) is 36.8 Å². The van der Waals surface area contributed by atoms with E-state index in [1.165, 1.54) is 0 Å². The summed E-state index contributed by atoms with van der Waals surface area (Å²) in [4.78, 5) is 11.9. The first-order chi connectivity index (χ1) is 9.10. The van der Waals surface area contributed by atoms with E-state index in [0.717, 1.165) is 5.56 Å². The number of nitrogens with one attached hydrogen (secondary N) is 1. The molecule has 0 spiro atoms. The van der Waals surface area contributed by atoms with Crippen LogP contribution >= 0.6 is 0 Å². The average molecular weight is 261 g/mol. The van der Waals surface area contributed by atoms with Gasteiger partial charge in [0.25, 0.3) is 5.91 Å². The van der Waals surface area contributed by atoms with Crippen molar-refractivity contribution in [3.05, 3.63) is 47.4 Å². The molecule has 0 fully saturated rings. The number of ether oxygens (including phenoxy) is 1. The van der Waals surface area contributed by atoms with E-state index in [0.29, 0.717) is 18.1 Å². The number of methoxy groups -OCH3 is 1. The van der Waals surface area contributed by atoms with E-state index in [4.69, 9.17) is 9.15 Å². The van der Waals surface area contributed by atoms with Crippen LogP contribution in [0.25, 0.3) is 0 Å². The summed E-state index contributed by atoms with van der Waals surface area (Å²) in [5.74, 6) is 0.353. The molecule has 0 aliphatic rings. The maximum absolute atomic E-state index is 11.9. The van der Waals surface area contributed by atoms with Crippen molar-refractivity contribution < 1.29 is 19.1 Å². The van der Waals surface area contributed by atoms with Crippen molar-refractivity contribution in [2.24, 2.45) is 0 Å². The van der Waals surface area contributed by atoms with Crippen molar-refractivity contribution in [3.8, 4) is 5.75 Å². The third kappa shape index (κ3) is 3.14. The van der Waals surface area contributed by atoms with Gasteiger partial charge in [-0.3, -0.25) is 4.79 Å². The van der Waals surface area contributed by atoms with Crippen LogP contribution in [0.5, 0.6) is 5.75 Å².